The Labute approximate surface area is 119 Å². The molecular weight excluding hydrogens is 332 g/mol. The van der Waals surface area contributed by atoms with Crippen LogP contribution in [0.2, 0.25) is 0 Å². The molecule has 2 aromatic rings. The molecule has 1 aromatic heterocycles. The van der Waals surface area contributed by atoms with E-state index in [0.717, 1.165) is 5.69 Å². The summed E-state index contributed by atoms with van der Waals surface area (Å²) in [6, 6.07) is 4.77. The Balaban J connectivity index is 2.45. The number of aromatic amines is 1. The maximum Gasteiger partial charge on any atom is 0.263 e. The van der Waals surface area contributed by atoms with Crippen LogP contribution in [0.25, 0.3) is 0 Å². The molecule has 1 aromatic carbocycles. The van der Waals surface area contributed by atoms with E-state index in [1.165, 1.54) is 6.07 Å². The Morgan fingerprint density at radius 3 is 2.58 bits per heavy atom. The number of rotatable bonds is 3. The van der Waals surface area contributed by atoms with Gasteiger partial charge in [-0.05, 0) is 31.5 Å². The molecule has 19 heavy (non-hydrogen) atoms. The first-order valence-electron chi connectivity index (χ1n) is 5.40. The minimum Gasteiger partial charge on any atom is -0.398 e. The molecule has 1 heterocycles. The molecule has 0 saturated heterocycles. The lowest BCUT2D eigenvalue weighted by Crippen LogP contribution is -2.15. The fourth-order valence-corrected chi connectivity index (χ4v) is 3.54. The molecule has 0 fully saturated rings. The molecule has 0 aliphatic heterocycles. The molecule has 0 unspecified atom stereocenters. The molecule has 102 valence electrons. The number of nitrogens with one attached hydrogen (secondary N) is 2. The minimum absolute atomic E-state index is 0.125. The van der Waals surface area contributed by atoms with E-state index < -0.39 is 10.0 Å². The molecule has 0 spiro atoms. The summed E-state index contributed by atoms with van der Waals surface area (Å²) >= 11 is 3.24. The molecule has 2 rings (SSSR count). The first-order chi connectivity index (χ1) is 8.79. The summed E-state index contributed by atoms with van der Waals surface area (Å²) in [7, 11) is -3.72. The van der Waals surface area contributed by atoms with Crippen LogP contribution >= 0.6 is 15.9 Å². The Bertz CT molecular complexity index is 724. The second-order valence-corrected chi connectivity index (χ2v) is 6.73. The van der Waals surface area contributed by atoms with E-state index in [1.54, 1.807) is 26.0 Å². The van der Waals surface area contributed by atoms with Gasteiger partial charge in [-0.1, -0.05) is 15.9 Å². The normalized spacial score (nSPS) is 11.5. The summed E-state index contributed by atoms with van der Waals surface area (Å²) in [5.41, 5.74) is 7.45. The van der Waals surface area contributed by atoms with Crippen LogP contribution in [0.4, 0.5) is 11.5 Å². The van der Waals surface area contributed by atoms with Crippen molar-refractivity contribution in [3.05, 3.63) is 33.9 Å². The number of anilines is 2. The largest absolute Gasteiger partial charge is 0.398 e. The summed E-state index contributed by atoms with van der Waals surface area (Å²) in [6.45, 7) is 3.44. The van der Waals surface area contributed by atoms with Gasteiger partial charge in [-0.2, -0.15) is 5.10 Å². The SMILES string of the molecule is Cc1cc(NS(=O)(=O)c2cc(Br)cc(N)c2C)n[nH]1. The van der Waals surface area contributed by atoms with Crippen LogP contribution in [0.3, 0.4) is 0 Å². The van der Waals surface area contributed by atoms with E-state index in [1.807, 2.05) is 0 Å². The number of H-pyrrole nitrogens is 1. The summed E-state index contributed by atoms with van der Waals surface area (Å²) in [5, 5.41) is 6.51. The van der Waals surface area contributed by atoms with Crippen LogP contribution in [0.15, 0.2) is 27.6 Å². The van der Waals surface area contributed by atoms with Crippen molar-refractivity contribution in [1.29, 1.82) is 0 Å². The van der Waals surface area contributed by atoms with Crippen LogP contribution in [0.5, 0.6) is 0 Å². The molecular formula is C11H13BrN4O2S. The predicted octanol–water partition coefficient (Wildman–Crippen LogP) is 2.17. The fourth-order valence-electron chi connectivity index (χ4n) is 1.62. The Morgan fingerprint density at radius 2 is 2.00 bits per heavy atom. The van der Waals surface area contributed by atoms with E-state index in [9.17, 15) is 8.42 Å². The van der Waals surface area contributed by atoms with Gasteiger partial charge in [0.1, 0.15) is 0 Å². The van der Waals surface area contributed by atoms with Gasteiger partial charge in [0.05, 0.1) is 4.90 Å². The second kappa shape index (κ2) is 4.86. The maximum atomic E-state index is 12.3. The molecule has 6 nitrogen and oxygen atoms in total. The first-order valence-corrected chi connectivity index (χ1v) is 7.67. The van der Waals surface area contributed by atoms with Crippen molar-refractivity contribution in [3.63, 3.8) is 0 Å². The number of benzene rings is 1. The number of nitrogens with zero attached hydrogens (tertiary/aromatic N) is 1. The minimum atomic E-state index is -3.72. The van der Waals surface area contributed by atoms with Crippen molar-refractivity contribution in [2.24, 2.45) is 0 Å². The smallest absolute Gasteiger partial charge is 0.263 e. The highest BCUT2D eigenvalue weighted by atomic mass is 79.9. The fraction of sp³-hybridized carbons (Fsp3) is 0.182. The van der Waals surface area contributed by atoms with Gasteiger partial charge in [-0.25, -0.2) is 8.42 Å². The highest BCUT2D eigenvalue weighted by Gasteiger charge is 2.20. The number of halogens is 1. The van der Waals surface area contributed by atoms with Crippen molar-refractivity contribution in [2.75, 3.05) is 10.5 Å². The van der Waals surface area contributed by atoms with Gasteiger partial charge in [0, 0.05) is 21.9 Å². The summed E-state index contributed by atoms with van der Waals surface area (Å²) in [6.07, 6.45) is 0. The van der Waals surface area contributed by atoms with Crippen molar-refractivity contribution < 1.29 is 8.42 Å². The average Bonchev–Trinajstić information content (AvgIpc) is 2.68. The number of sulfonamides is 1. The second-order valence-electron chi connectivity index (χ2n) is 4.16. The Kier molecular flexibility index (Phi) is 3.55. The van der Waals surface area contributed by atoms with Gasteiger partial charge in [0.2, 0.25) is 0 Å². The predicted molar refractivity (Wildman–Crippen MR) is 77.4 cm³/mol. The Hall–Kier alpha value is -1.54. The number of hydrogen-bond acceptors (Lipinski definition) is 4. The third-order valence-electron chi connectivity index (χ3n) is 2.60. The lowest BCUT2D eigenvalue weighted by Gasteiger charge is -2.11. The van der Waals surface area contributed by atoms with Crippen LogP contribution in [0.1, 0.15) is 11.3 Å². The number of hydrogen-bond donors (Lipinski definition) is 3. The maximum absolute atomic E-state index is 12.3. The first kappa shape index (κ1) is 13.9. The van der Waals surface area contributed by atoms with Crippen LogP contribution < -0.4 is 10.5 Å². The molecule has 0 saturated carbocycles. The highest BCUT2D eigenvalue weighted by molar-refractivity contribution is 9.10. The van der Waals surface area contributed by atoms with E-state index in [-0.39, 0.29) is 10.7 Å². The monoisotopic (exact) mass is 344 g/mol. The summed E-state index contributed by atoms with van der Waals surface area (Å²) in [4.78, 5) is 0.125. The number of aromatic nitrogens is 2. The van der Waals surface area contributed by atoms with E-state index in [0.29, 0.717) is 15.7 Å². The molecule has 4 N–H and O–H groups in total. The zero-order valence-corrected chi connectivity index (χ0v) is 12.8. The molecule has 0 radical (unpaired) electrons. The van der Waals surface area contributed by atoms with Crippen molar-refractivity contribution in [3.8, 4) is 0 Å². The van der Waals surface area contributed by atoms with Crippen LogP contribution in [-0.4, -0.2) is 18.6 Å². The van der Waals surface area contributed by atoms with Gasteiger partial charge in [0.25, 0.3) is 10.0 Å². The molecule has 0 atom stereocenters. The molecule has 8 heteroatoms. The highest BCUT2D eigenvalue weighted by Crippen LogP contribution is 2.27. The summed E-state index contributed by atoms with van der Waals surface area (Å²) < 4.78 is 27.6. The zero-order chi connectivity index (χ0) is 14.2. The third kappa shape index (κ3) is 2.90. The number of aryl methyl sites for hydroxylation is 1. The molecule has 0 bridgehead atoms. The molecule has 0 aliphatic carbocycles. The van der Waals surface area contributed by atoms with E-state index in [2.05, 4.69) is 30.8 Å². The van der Waals surface area contributed by atoms with Gasteiger partial charge < -0.3 is 5.73 Å². The topological polar surface area (TPSA) is 101 Å². The zero-order valence-electron chi connectivity index (χ0n) is 10.4. The summed E-state index contributed by atoms with van der Waals surface area (Å²) in [5.74, 6) is 0.246. The quantitative estimate of drug-likeness (QED) is 0.742. The van der Waals surface area contributed by atoms with Crippen molar-refractivity contribution in [1.82, 2.24) is 10.2 Å². The standard InChI is InChI=1S/C11H13BrN4O2S/c1-6-3-11(15-14-6)16-19(17,18)10-5-8(12)4-9(13)7(10)2/h3-5H,13H2,1-2H3,(H2,14,15,16). The van der Waals surface area contributed by atoms with E-state index >= 15 is 0 Å². The van der Waals surface area contributed by atoms with Crippen molar-refractivity contribution in [2.45, 2.75) is 18.7 Å². The van der Waals surface area contributed by atoms with Crippen molar-refractivity contribution >= 4 is 37.5 Å². The molecule has 0 amide bonds. The van der Waals surface area contributed by atoms with Gasteiger partial charge in [0.15, 0.2) is 5.82 Å². The van der Waals surface area contributed by atoms with Gasteiger partial charge in [-0.15, -0.1) is 0 Å². The molecule has 0 aliphatic rings. The van der Waals surface area contributed by atoms with Gasteiger partial charge >= 0.3 is 0 Å². The van der Waals surface area contributed by atoms with Gasteiger partial charge in [-0.3, -0.25) is 9.82 Å². The van der Waals surface area contributed by atoms with Crippen LogP contribution in [-0.2, 0) is 10.0 Å². The number of nitrogens with two attached hydrogens (primary N) is 1. The lowest BCUT2D eigenvalue weighted by molar-refractivity contribution is 0.600. The number of nitrogen functional groups attached to an aromatic ring is 1. The lowest BCUT2D eigenvalue weighted by atomic mass is 10.2. The van der Waals surface area contributed by atoms with Crippen LogP contribution in [0, 0.1) is 13.8 Å². The van der Waals surface area contributed by atoms with E-state index in [4.69, 9.17) is 5.73 Å². The Morgan fingerprint density at radius 1 is 1.32 bits per heavy atom. The average molecular weight is 345 g/mol. The third-order valence-corrected chi connectivity index (χ3v) is 4.54.